The molecule has 11 nitrogen and oxygen atoms in total. The third-order valence-corrected chi connectivity index (χ3v) is 7.40. The maximum atomic E-state index is 12.8. The van der Waals surface area contributed by atoms with Crippen LogP contribution in [0.3, 0.4) is 0 Å². The van der Waals surface area contributed by atoms with Crippen molar-refractivity contribution < 1.29 is 19.4 Å². The number of amides is 3. The van der Waals surface area contributed by atoms with Crippen LogP contribution in [-0.2, 0) is 4.74 Å². The number of rotatable bonds is 5. The van der Waals surface area contributed by atoms with Crippen LogP contribution in [0.5, 0.6) is 0 Å². The standard InChI is InChI=1S/C29H31N7O4/c1-19-23(3-2-4-24(19)33-29(39)36-9-7-22(37)18-36)21-15-25(27-30-8-10-35(27)17-21)32-26-6-5-20(16-31-26)28(38)34-11-13-40-14-12-34/h2-6,8,10,15-17,22,37H,7,9,11-14,18H2,1H3,(H,31,32)(H,33,39). The molecule has 2 aliphatic heterocycles. The van der Waals surface area contributed by atoms with E-state index in [9.17, 15) is 14.7 Å². The second kappa shape index (κ2) is 10.9. The molecule has 2 aliphatic rings. The maximum Gasteiger partial charge on any atom is 0.321 e. The number of aromatic nitrogens is 3. The van der Waals surface area contributed by atoms with Crippen molar-refractivity contribution in [2.24, 2.45) is 0 Å². The quantitative estimate of drug-likeness (QED) is 0.353. The first-order valence-electron chi connectivity index (χ1n) is 13.4. The molecule has 3 amide bonds. The van der Waals surface area contributed by atoms with E-state index in [1.807, 2.05) is 48.0 Å². The third kappa shape index (κ3) is 5.21. The van der Waals surface area contributed by atoms with Gasteiger partial charge in [-0.2, -0.15) is 0 Å². The Hall–Kier alpha value is -4.48. The number of urea groups is 1. The van der Waals surface area contributed by atoms with Crippen LogP contribution in [0.1, 0.15) is 22.3 Å². The van der Waals surface area contributed by atoms with Gasteiger partial charge in [0.25, 0.3) is 5.91 Å². The number of anilines is 3. The molecule has 0 aliphatic carbocycles. The molecule has 6 rings (SSSR count). The van der Waals surface area contributed by atoms with Gasteiger partial charge in [0.1, 0.15) is 5.82 Å². The molecule has 40 heavy (non-hydrogen) atoms. The second-order valence-corrected chi connectivity index (χ2v) is 10.1. The fourth-order valence-electron chi connectivity index (χ4n) is 5.16. The maximum absolute atomic E-state index is 12.8. The summed E-state index contributed by atoms with van der Waals surface area (Å²) in [6.45, 7) is 5.10. The van der Waals surface area contributed by atoms with Crippen LogP contribution < -0.4 is 10.6 Å². The average Bonchev–Trinajstić information content (AvgIpc) is 3.64. The summed E-state index contributed by atoms with van der Waals surface area (Å²) in [4.78, 5) is 37.9. The van der Waals surface area contributed by atoms with E-state index in [1.165, 1.54) is 0 Å². The molecule has 1 unspecified atom stereocenters. The molecule has 1 aromatic carbocycles. The first-order valence-corrected chi connectivity index (χ1v) is 13.4. The molecule has 3 aromatic heterocycles. The van der Waals surface area contributed by atoms with Gasteiger partial charge in [0.05, 0.1) is 30.6 Å². The van der Waals surface area contributed by atoms with Gasteiger partial charge >= 0.3 is 6.03 Å². The highest BCUT2D eigenvalue weighted by Gasteiger charge is 2.25. The van der Waals surface area contributed by atoms with Crippen molar-refractivity contribution >= 4 is 34.8 Å². The highest BCUT2D eigenvalue weighted by Crippen LogP contribution is 2.32. The van der Waals surface area contributed by atoms with Gasteiger partial charge in [-0.05, 0) is 48.7 Å². The number of benzene rings is 1. The molecular weight excluding hydrogens is 510 g/mol. The Morgan fingerprint density at radius 1 is 1.05 bits per heavy atom. The number of aliphatic hydroxyl groups excluding tert-OH is 1. The molecule has 2 fully saturated rings. The molecule has 5 heterocycles. The van der Waals surface area contributed by atoms with E-state index in [-0.39, 0.29) is 11.9 Å². The summed E-state index contributed by atoms with van der Waals surface area (Å²) >= 11 is 0. The van der Waals surface area contributed by atoms with Crippen molar-refractivity contribution in [1.29, 1.82) is 0 Å². The molecule has 0 bridgehead atoms. The number of hydrogen-bond acceptors (Lipinski definition) is 7. The zero-order chi connectivity index (χ0) is 27.6. The normalized spacial score (nSPS) is 17.3. The van der Waals surface area contributed by atoms with Gasteiger partial charge in [-0.1, -0.05) is 12.1 Å². The number of carbonyl (C=O) groups is 2. The number of pyridine rings is 2. The van der Waals surface area contributed by atoms with Gasteiger partial charge in [0.2, 0.25) is 0 Å². The molecule has 0 spiro atoms. The van der Waals surface area contributed by atoms with Crippen molar-refractivity contribution in [3.63, 3.8) is 0 Å². The van der Waals surface area contributed by atoms with Crippen molar-refractivity contribution in [2.45, 2.75) is 19.4 Å². The number of nitrogens with one attached hydrogen (secondary N) is 2. The second-order valence-electron chi connectivity index (χ2n) is 10.1. The molecule has 3 N–H and O–H groups in total. The van der Waals surface area contributed by atoms with E-state index in [0.717, 1.165) is 28.0 Å². The predicted molar refractivity (Wildman–Crippen MR) is 151 cm³/mol. The summed E-state index contributed by atoms with van der Waals surface area (Å²) in [6.07, 6.45) is 7.31. The van der Waals surface area contributed by atoms with Crippen molar-refractivity contribution in [2.75, 3.05) is 50.0 Å². The lowest BCUT2D eigenvalue weighted by atomic mass is 10.00. The monoisotopic (exact) mass is 541 g/mol. The zero-order valence-corrected chi connectivity index (χ0v) is 22.2. The SMILES string of the molecule is Cc1c(NC(=O)N2CCC(O)C2)cccc1-c1cc(Nc2ccc(C(=O)N3CCOCC3)cn2)c2nccn2c1. The fraction of sp³-hybridized carbons (Fsp3) is 0.310. The number of likely N-dealkylation sites (tertiary alicyclic amines) is 1. The van der Waals surface area contributed by atoms with E-state index in [2.05, 4.69) is 20.6 Å². The number of hydrogen-bond donors (Lipinski definition) is 3. The van der Waals surface area contributed by atoms with Gasteiger partial charge in [-0.3, -0.25) is 4.79 Å². The predicted octanol–water partition coefficient (Wildman–Crippen LogP) is 3.52. The Balaban J connectivity index is 1.25. The molecule has 4 aromatic rings. The van der Waals surface area contributed by atoms with Crippen LogP contribution >= 0.6 is 0 Å². The van der Waals surface area contributed by atoms with E-state index in [0.29, 0.717) is 62.9 Å². The van der Waals surface area contributed by atoms with E-state index in [4.69, 9.17) is 4.74 Å². The Morgan fingerprint density at radius 3 is 2.65 bits per heavy atom. The smallest absolute Gasteiger partial charge is 0.321 e. The lowest BCUT2D eigenvalue weighted by molar-refractivity contribution is 0.0302. The molecule has 2 saturated heterocycles. The highest BCUT2D eigenvalue weighted by atomic mass is 16.5. The van der Waals surface area contributed by atoms with E-state index >= 15 is 0 Å². The Labute approximate surface area is 231 Å². The summed E-state index contributed by atoms with van der Waals surface area (Å²) in [7, 11) is 0. The van der Waals surface area contributed by atoms with Crippen molar-refractivity contribution in [3.05, 3.63) is 72.3 Å². The van der Waals surface area contributed by atoms with E-state index in [1.54, 1.807) is 34.3 Å². The lowest BCUT2D eigenvalue weighted by Crippen LogP contribution is -2.40. The van der Waals surface area contributed by atoms with Crippen molar-refractivity contribution in [3.8, 4) is 11.1 Å². The van der Waals surface area contributed by atoms with Crippen LogP contribution in [0.25, 0.3) is 16.8 Å². The lowest BCUT2D eigenvalue weighted by Gasteiger charge is -2.26. The summed E-state index contributed by atoms with van der Waals surface area (Å²) in [5.41, 5.74) is 5.53. The summed E-state index contributed by atoms with van der Waals surface area (Å²) < 4.78 is 7.28. The number of imidazole rings is 1. The van der Waals surface area contributed by atoms with Crippen LogP contribution in [0.15, 0.2) is 61.2 Å². The van der Waals surface area contributed by atoms with Gasteiger partial charge in [-0.15, -0.1) is 0 Å². The summed E-state index contributed by atoms with van der Waals surface area (Å²) in [5.74, 6) is 0.537. The largest absolute Gasteiger partial charge is 0.391 e. The number of aliphatic hydroxyl groups is 1. The molecule has 0 radical (unpaired) electrons. The van der Waals surface area contributed by atoms with Gasteiger partial charge in [0, 0.05) is 62.2 Å². The topological polar surface area (TPSA) is 124 Å². The number of carbonyl (C=O) groups excluding carboxylic acids is 2. The van der Waals surface area contributed by atoms with Gasteiger partial charge in [0.15, 0.2) is 5.65 Å². The first kappa shape index (κ1) is 25.8. The number of β-amino-alcohol motifs (C(OH)–C–C–N with tert-alkyl or cyclic N) is 1. The number of nitrogens with zero attached hydrogens (tertiary/aromatic N) is 5. The minimum atomic E-state index is -0.470. The third-order valence-electron chi connectivity index (χ3n) is 7.40. The van der Waals surface area contributed by atoms with Gasteiger partial charge < -0.3 is 34.7 Å². The molecule has 0 saturated carbocycles. The molecule has 206 valence electrons. The van der Waals surface area contributed by atoms with E-state index < -0.39 is 6.10 Å². The van der Waals surface area contributed by atoms with Crippen LogP contribution in [-0.4, -0.2) is 86.7 Å². The Morgan fingerprint density at radius 2 is 1.90 bits per heavy atom. The number of ether oxygens (including phenoxy) is 1. The molecular formula is C29H31N7O4. The highest BCUT2D eigenvalue weighted by molar-refractivity contribution is 5.94. The Bertz CT molecular complexity index is 1550. The average molecular weight is 542 g/mol. The molecule has 11 heteroatoms. The van der Waals surface area contributed by atoms with Crippen molar-refractivity contribution in [1.82, 2.24) is 24.2 Å². The molecule has 1 atom stereocenters. The number of fused-ring (bicyclic) bond motifs is 1. The zero-order valence-electron chi connectivity index (χ0n) is 22.2. The first-order chi connectivity index (χ1) is 19.5. The van der Waals surface area contributed by atoms with Crippen LogP contribution in [0.4, 0.5) is 22.0 Å². The number of morpholine rings is 1. The van der Waals surface area contributed by atoms with Crippen LogP contribution in [0, 0.1) is 6.92 Å². The Kier molecular flexibility index (Phi) is 7.06. The minimum Gasteiger partial charge on any atom is -0.391 e. The summed E-state index contributed by atoms with van der Waals surface area (Å²) in [5, 5.41) is 16.2. The fourth-order valence-corrected chi connectivity index (χ4v) is 5.16. The summed E-state index contributed by atoms with van der Waals surface area (Å²) in [6, 6.07) is 11.1. The van der Waals surface area contributed by atoms with Gasteiger partial charge in [-0.25, -0.2) is 14.8 Å². The minimum absolute atomic E-state index is 0.0525. The van der Waals surface area contributed by atoms with Crippen LogP contribution in [0.2, 0.25) is 0 Å².